The van der Waals surface area contributed by atoms with Gasteiger partial charge in [-0.15, -0.1) is 0 Å². The van der Waals surface area contributed by atoms with Gasteiger partial charge >= 0.3 is 7.12 Å². The Morgan fingerprint density at radius 2 is 1.71 bits per heavy atom. The molecule has 2 aliphatic rings. The molecule has 156 valence electrons. The molecule has 0 atom stereocenters. The quantitative estimate of drug-likeness (QED) is 0.382. The fraction of sp³-hybridized carbons (Fsp3) is 0.727. The molecule has 1 fully saturated rings. The minimum Gasteiger partial charge on any atom is -0.468 e. The molecule has 0 bridgehead atoms. The maximum absolute atomic E-state index is 6.37. The summed E-state index contributed by atoms with van der Waals surface area (Å²) in [6, 6.07) is 3.44. The molecule has 1 aliphatic carbocycles. The lowest BCUT2D eigenvalue weighted by molar-refractivity contribution is 0.00578. The summed E-state index contributed by atoms with van der Waals surface area (Å²) in [5, 5.41) is 0. The van der Waals surface area contributed by atoms with E-state index in [0.29, 0.717) is 0 Å². The molecular weight excluding hydrogens is 367 g/mol. The van der Waals surface area contributed by atoms with Gasteiger partial charge in [-0.25, -0.2) is 0 Å². The number of hydrogen-bond acceptors (Lipinski definition) is 4. The second-order valence-electron chi connectivity index (χ2n) is 10.5. The average molecular weight is 404 g/mol. The van der Waals surface area contributed by atoms with Crippen molar-refractivity contribution in [3.63, 3.8) is 0 Å². The van der Waals surface area contributed by atoms with Crippen LogP contribution in [0.1, 0.15) is 50.8 Å². The van der Waals surface area contributed by atoms with Crippen molar-refractivity contribution in [3.8, 4) is 5.75 Å². The molecule has 0 N–H and O–H groups in total. The molecule has 0 radical (unpaired) electrons. The van der Waals surface area contributed by atoms with E-state index in [9.17, 15) is 0 Å². The predicted molar refractivity (Wildman–Crippen MR) is 119 cm³/mol. The molecule has 6 heteroatoms. The lowest BCUT2D eigenvalue weighted by atomic mass is 9.74. The highest BCUT2D eigenvalue weighted by Crippen LogP contribution is 2.39. The van der Waals surface area contributed by atoms with E-state index in [2.05, 4.69) is 60.3 Å². The number of hydrogen-bond donors (Lipinski definition) is 0. The van der Waals surface area contributed by atoms with Gasteiger partial charge in [0.2, 0.25) is 0 Å². The maximum atomic E-state index is 6.37. The van der Waals surface area contributed by atoms with Crippen LogP contribution in [0.25, 0.3) is 0 Å². The summed E-state index contributed by atoms with van der Waals surface area (Å²) in [6.45, 7) is 18.6. The van der Waals surface area contributed by atoms with Crippen LogP contribution >= 0.6 is 0 Å². The number of ether oxygens (including phenoxy) is 2. The van der Waals surface area contributed by atoms with Crippen LogP contribution in [0.5, 0.6) is 5.75 Å². The summed E-state index contributed by atoms with van der Waals surface area (Å²) in [6.07, 6.45) is 3.34. The summed E-state index contributed by atoms with van der Waals surface area (Å²) >= 11 is 0. The Bertz CT molecular complexity index is 708. The Hall–Kier alpha value is -0.818. The van der Waals surface area contributed by atoms with Gasteiger partial charge in [0.1, 0.15) is 5.75 Å². The first kappa shape index (κ1) is 21.9. The Kier molecular flexibility index (Phi) is 6.08. The van der Waals surface area contributed by atoms with Crippen LogP contribution in [0.15, 0.2) is 6.07 Å². The maximum Gasteiger partial charge on any atom is 0.498 e. The Balaban J connectivity index is 1.82. The van der Waals surface area contributed by atoms with Crippen molar-refractivity contribution in [1.82, 2.24) is 0 Å². The van der Waals surface area contributed by atoms with Crippen molar-refractivity contribution in [2.45, 2.75) is 90.8 Å². The fourth-order valence-electron chi connectivity index (χ4n) is 3.82. The van der Waals surface area contributed by atoms with Crippen molar-refractivity contribution < 1.29 is 18.8 Å². The van der Waals surface area contributed by atoms with E-state index >= 15 is 0 Å². The zero-order valence-electron chi connectivity index (χ0n) is 19.0. The minimum atomic E-state index is -1.10. The zero-order valence-corrected chi connectivity index (χ0v) is 20.0. The first-order valence-corrected chi connectivity index (χ1v) is 14.3. The number of aryl methyl sites for hydroxylation is 2. The summed E-state index contributed by atoms with van der Waals surface area (Å²) < 4.78 is 24.8. The molecule has 1 aromatic carbocycles. The molecule has 0 aromatic heterocycles. The molecule has 1 aliphatic heterocycles. The van der Waals surface area contributed by atoms with Gasteiger partial charge in [-0.05, 0) is 76.6 Å². The predicted octanol–water partition coefficient (Wildman–Crippen LogP) is 4.47. The number of rotatable bonds is 7. The Labute approximate surface area is 172 Å². The third-order valence-electron chi connectivity index (χ3n) is 6.37. The first-order valence-electron chi connectivity index (χ1n) is 10.6. The van der Waals surface area contributed by atoms with E-state index in [1.54, 1.807) is 0 Å². The average Bonchev–Trinajstić information content (AvgIpc) is 3.07. The normalized spacial score (nSPS) is 20.5. The van der Waals surface area contributed by atoms with Gasteiger partial charge in [-0.1, -0.05) is 25.7 Å². The van der Waals surface area contributed by atoms with Crippen LogP contribution in [0, 0.1) is 6.92 Å². The Morgan fingerprint density at radius 1 is 1.07 bits per heavy atom. The van der Waals surface area contributed by atoms with Gasteiger partial charge in [0.15, 0.2) is 6.79 Å². The summed E-state index contributed by atoms with van der Waals surface area (Å²) in [5.74, 6) is 0.930. The van der Waals surface area contributed by atoms with Crippen LogP contribution in [0.2, 0.25) is 25.7 Å². The van der Waals surface area contributed by atoms with Gasteiger partial charge in [0, 0.05) is 20.1 Å². The van der Waals surface area contributed by atoms with E-state index in [4.69, 9.17) is 18.8 Å². The first-order chi connectivity index (χ1) is 12.9. The van der Waals surface area contributed by atoms with Gasteiger partial charge in [0.25, 0.3) is 0 Å². The Morgan fingerprint density at radius 3 is 2.32 bits per heavy atom. The lowest BCUT2D eigenvalue weighted by Crippen LogP contribution is -2.41. The van der Waals surface area contributed by atoms with Gasteiger partial charge < -0.3 is 18.8 Å². The molecule has 1 heterocycles. The van der Waals surface area contributed by atoms with Crippen LogP contribution in [-0.2, 0) is 26.9 Å². The number of benzene rings is 1. The van der Waals surface area contributed by atoms with E-state index in [0.717, 1.165) is 36.7 Å². The van der Waals surface area contributed by atoms with Crippen molar-refractivity contribution in [2.24, 2.45) is 0 Å². The van der Waals surface area contributed by atoms with Crippen LogP contribution in [-0.4, -0.2) is 39.8 Å². The van der Waals surface area contributed by atoms with Crippen LogP contribution < -0.4 is 10.2 Å². The highest BCUT2D eigenvalue weighted by molar-refractivity contribution is 6.76. The van der Waals surface area contributed by atoms with Gasteiger partial charge in [0.05, 0.1) is 11.2 Å². The molecule has 0 saturated carbocycles. The van der Waals surface area contributed by atoms with Gasteiger partial charge in [-0.3, -0.25) is 0 Å². The zero-order chi connectivity index (χ0) is 20.7. The molecule has 28 heavy (non-hydrogen) atoms. The van der Waals surface area contributed by atoms with E-state index in [-0.39, 0.29) is 18.0 Å². The molecule has 0 amide bonds. The molecule has 1 saturated heterocycles. The second-order valence-corrected chi connectivity index (χ2v) is 16.1. The topological polar surface area (TPSA) is 36.9 Å². The highest BCUT2D eigenvalue weighted by atomic mass is 28.3. The molecule has 4 nitrogen and oxygen atoms in total. The van der Waals surface area contributed by atoms with E-state index in [1.165, 1.54) is 23.1 Å². The third kappa shape index (κ3) is 4.50. The second kappa shape index (κ2) is 7.78. The monoisotopic (exact) mass is 404 g/mol. The lowest BCUT2D eigenvalue weighted by Gasteiger charge is -2.32. The van der Waals surface area contributed by atoms with Gasteiger partial charge in [-0.2, -0.15) is 0 Å². The SMILES string of the molecule is Cc1cc2c(c(OCOCC[Si](C)(C)C)c1B1OC(C)(C)C(C)(C)O1)CCC2. The third-order valence-corrected chi connectivity index (χ3v) is 8.07. The van der Waals surface area contributed by atoms with Crippen molar-refractivity contribution in [2.75, 3.05) is 13.4 Å². The highest BCUT2D eigenvalue weighted by Gasteiger charge is 2.53. The van der Waals surface area contributed by atoms with Crippen LogP contribution in [0.4, 0.5) is 0 Å². The fourth-order valence-corrected chi connectivity index (χ4v) is 4.58. The van der Waals surface area contributed by atoms with Crippen molar-refractivity contribution in [3.05, 3.63) is 22.8 Å². The number of fused-ring (bicyclic) bond motifs is 1. The standard InChI is InChI=1S/C22H37BO4Si/c1-16-14-17-10-9-11-18(17)20(25-15-24-12-13-28(6,7)8)19(16)23-26-21(2,3)22(4,5)27-23/h14H,9-13,15H2,1-8H3. The largest absolute Gasteiger partial charge is 0.498 e. The van der Waals surface area contributed by atoms with Crippen molar-refractivity contribution >= 4 is 20.7 Å². The summed E-state index contributed by atoms with van der Waals surface area (Å²) in [4.78, 5) is 0. The smallest absolute Gasteiger partial charge is 0.468 e. The molecule has 1 aromatic rings. The summed E-state index contributed by atoms with van der Waals surface area (Å²) in [7, 11) is -1.51. The van der Waals surface area contributed by atoms with E-state index in [1.807, 2.05) is 0 Å². The summed E-state index contributed by atoms with van der Waals surface area (Å²) in [5.41, 5.74) is 4.19. The van der Waals surface area contributed by atoms with Crippen molar-refractivity contribution in [1.29, 1.82) is 0 Å². The molecule has 3 rings (SSSR count). The molecular formula is C22H37BO4Si. The van der Waals surface area contributed by atoms with Crippen LogP contribution in [0.3, 0.4) is 0 Å². The minimum absolute atomic E-state index is 0.285. The molecule has 0 spiro atoms. The van der Waals surface area contributed by atoms with E-state index < -0.39 is 15.2 Å². The molecule has 0 unspecified atom stereocenters.